The van der Waals surface area contributed by atoms with Crippen LogP contribution in [0.25, 0.3) is 66.4 Å². The van der Waals surface area contributed by atoms with Gasteiger partial charge in [-0.05, 0) is 128 Å². The summed E-state index contributed by atoms with van der Waals surface area (Å²) in [6, 6.07) is 66.9. The van der Waals surface area contributed by atoms with E-state index in [1.165, 1.54) is 12.1 Å². The highest BCUT2D eigenvalue weighted by Crippen LogP contribution is 2.65. The molecule has 2 aliphatic rings. The molecule has 0 N–H and O–H groups in total. The molecule has 2 aliphatic carbocycles. The van der Waals surface area contributed by atoms with Crippen LogP contribution in [0.5, 0.6) is 0 Å². The molecule has 0 aliphatic heterocycles. The molecule has 0 radical (unpaired) electrons. The van der Waals surface area contributed by atoms with Crippen LogP contribution >= 0.6 is 0 Å². The van der Waals surface area contributed by atoms with Gasteiger partial charge in [0.2, 0.25) is 0 Å². The van der Waals surface area contributed by atoms with Crippen LogP contribution in [0.2, 0.25) is 0 Å². The number of nitrogens with zero attached hydrogens (tertiary/aromatic N) is 1. The number of furan rings is 1. The van der Waals surface area contributed by atoms with E-state index in [9.17, 15) is 0 Å². The zero-order valence-electron chi connectivity index (χ0n) is 31.7. The van der Waals surface area contributed by atoms with E-state index in [1.807, 2.05) is 42.5 Å². The quantitative estimate of drug-likeness (QED) is 0.174. The average molecular weight is 762 g/mol. The third-order valence-corrected chi connectivity index (χ3v) is 12.4. The van der Waals surface area contributed by atoms with Crippen LogP contribution in [0.3, 0.4) is 0 Å². The first-order chi connectivity index (χ1) is 29.1. The summed E-state index contributed by atoms with van der Waals surface area (Å²) in [5.41, 5.74) is 15.1. The lowest BCUT2D eigenvalue weighted by Gasteiger charge is -2.32. The van der Waals surface area contributed by atoms with Gasteiger partial charge in [0.1, 0.15) is 22.8 Å². The smallest absolute Gasteiger partial charge is 0.143 e. The van der Waals surface area contributed by atoms with Crippen molar-refractivity contribution in [3.05, 3.63) is 234 Å². The fourth-order valence-electron chi connectivity index (χ4n) is 9.88. The summed E-state index contributed by atoms with van der Waals surface area (Å²) in [7, 11) is 0. The molecule has 0 atom stereocenters. The first kappa shape index (κ1) is 33.6. The van der Waals surface area contributed by atoms with Crippen molar-refractivity contribution in [2.45, 2.75) is 5.41 Å². The van der Waals surface area contributed by atoms with E-state index < -0.39 is 5.41 Å². The molecule has 1 spiro atoms. The van der Waals surface area contributed by atoms with Gasteiger partial charge in [0, 0.05) is 33.4 Å². The highest BCUT2D eigenvalue weighted by Gasteiger charge is 2.53. The maximum absolute atomic E-state index is 15.7. The van der Waals surface area contributed by atoms with Crippen molar-refractivity contribution in [1.29, 1.82) is 0 Å². The van der Waals surface area contributed by atoms with Gasteiger partial charge in [0.25, 0.3) is 0 Å². The van der Waals surface area contributed by atoms with E-state index in [-0.39, 0.29) is 11.6 Å². The van der Waals surface area contributed by atoms with Crippen molar-refractivity contribution >= 4 is 39.0 Å². The van der Waals surface area contributed by atoms with E-state index in [2.05, 4.69) is 138 Å². The lowest BCUT2D eigenvalue weighted by atomic mass is 9.70. The Morgan fingerprint density at radius 2 is 0.864 bits per heavy atom. The van der Waals surface area contributed by atoms with Gasteiger partial charge in [-0.3, -0.25) is 0 Å². The van der Waals surface area contributed by atoms with Gasteiger partial charge in [-0.15, -0.1) is 0 Å². The van der Waals surface area contributed by atoms with Crippen molar-refractivity contribution < 1.29 is 13.2 Å². The summed E-state index contributed by atoms with van der Waals surface area (Å²) < 4.78 is 38.1. The largest absolute Gasteiger partial charge is 0.455 e. The van der Waals surface area contributed by atoms with Gasteiger partial charge in [-0.2, -0.15) is 0 Å². The maximum atomic E-state index is 15.7. The Bertz CT molecular complexity index is 3140. The molecule has 0 unspecified atom stereocenters. The fraction of sp³-hybridized carbons (Fsp3) is 0.0182. The summed E-state index contributed by atoms with van der Waals surface area (Å²) in [5.74, 6) is -0.683. The molecule has 12 rings (SSSR count). The van der Waals surface area contributed by atoms with Crippen LogP contribution in [0.15, 0.2) is 205 Å². The second-order valence-electron chi connectivity index (χ2n) is 15.5. The van der Waals surface area contributed by atoms with Crippen molar-refractivity contribution in [3.63, 3.8) is 0 Å². The highest BCUT2D eigenvalue weighted by molar-refractivity contribution is 6.13. The summed E-state index contributed by atoms with van der Waals surface area (Å²) in [6.45, 7) is 0. The molecule has 1 aromatic heterocycles. The lowest BCUT2D eigenvalue weighted by Crippen LogP contribution is -2.26. The lowest BCUT2D eigenvalue weighted by molar-refractivity contribution is 0.618. The molecule has 0 saturated carbocycles. The van der Waals surface area contributed by atoms with Crippen LogP contribution in [0.4, 0.5) is 25.8 Å². The van der Waals surface area contributed by atoms with E-state index in [4.69, 9.17) is 4.42 Å². The van der Waals surface area contributed by atoms with Crippen molar-refractivity contribution in [2.24, 2.45) is 0 Å². The third kappa shape index (κ3) is 4.90. The Morgan fingerprint density at radius 3 is 1.46 bits per heavy atom. The summed E-state index contributed by atoms with van der Waals surface area (Å²) in [6.07, 6.45) is 0. The molecule has 10 aromatic rings. The molecular formula is C55H33F2NO. The van der Waals surface area contributed by atoms with Crippen molar-refractivity contribution in [1.82, 2.24) is 0 Å². The van der Waals surface area contributed by atoms with Crippen molar-refractivity contribution in [3.8, 4) is 44.5 Å². The number of benzene rings is 9. The first-order valence-electron chi connectivity index (χ1n) is 19.9. The minimum absolute atomic E-state index is 0.342. The fourth-order valence-corrected chi connectivity index (χ4v) is 9.88. The molecule has 2 nitrogen and oxygen atoms in total. The molecule has 0 saturated heterocycles. The van der Waals surface area contributed by atoms with Crippen molar-refractivity contribution in [2.75, 3.05) is 4.90 Å². The molecule has 0 bridgehead atoms. The zero-order valence-corrected chi connectivity index (χ0v) is 31.7. The summed E-state index contributed by atoms with van der Waals surface area (Å²) >= 11 is 0. The topological polar surface area (TPSA) is 16.4 Å². The Balaban J connectivity index is 1.13. The Hall–Kier alpha value is -7.56. The Morgan fingerprint density at radius 1 is 0.373 bits per heavy atom. The number of fused-ring (bicyclic) bond motifs is 14. The van der Waals surface area contributed by atoms with E-state index in [0.29, 0.717) is 0 Å². The number of hydrogen-bond donors (Lipinski definition) is 0. The summed E-state index contributed by atoms with van der Waals surface area (Å²) in [4.78, 5) is 2.27. The van der Waals surface area contributed by atoms with E-state index in [0.717, 1.165) is 106 Å². The van der Waals surface area contributed by atoms with Gasteiger partial charge in [-0.1, -0.05) is 133 Å². The predicted molar refractivity (Wildman–Crippen MR) is 235 cm³/mol. The van der Waals surface area contributed by atoms with Gasteiger partial charge < -0.3 is 9.32 Å². The zero-order chi connectivity index (χ0) is 39.2. The van der Waals surface area contributed by atoms with Gasteiger partial charge in [-0.25, -0.2) is 8.78 Å². The van der Waals surface area contributed by atoms with E-state index in [1.54, 1.807) is 12.1 Å². The third-order valence-electron chi connectivity index (χ3n) is 12.4. The van der Waals surface area contributed by atoms with Crippen LogP contribution in [0.1, 0.15) is 22.3 Å². The van der Waals surface area contributed by atoms with Crippen LogP contribution in [0, 0.1) is 11.6 Å². The monoisotopic (exact) mass is 761 g/mol. The van der Waals surface area contributed by atoms with Gasteiger partial charge in [0.15, 0.2) is 0 Å². The normalized spacial score (nSPS) is 13.1. The first-order valence-corrected chi connectivity index (χ1v) is 19.9. The highest BCUT2D eigenvalue weighted by atomic mass is 19.1. The minimum Gasteiger partial charge on any atom is -0.455 e. The number of hydrogen-bond acceptors (Lipinski definition) is 2. The molecule has 0 fully saturated rings. The predicted octanol–water partition coefficient (Wildman–Crippen LogP) is 15.0. The molecule has 9 aromatic carbocycles. The van der Waals surface area contributed by atoms with Crippen LogP contribution in [-0.4, -0.2) is 0 Å². The summed E-state index contributed by atoms with van der Waals surface area (Å²) in [5, 5.41) is 2.03. The second-order valence-corrected chi connectivity index (χ2v) is 15.5. The molecular weight excluding hydrogens is 729 g/mol. The van der Waals surface area contributed by atoms with Gasteiger partial charge >= 0.3 is 0 Å². The standard InChI is InChI=1S/C55H33F2NO/c56-38-19-26-43-44-27-20-39(57)32-50(44)55(49(43)31-38)48-30-29-46-45-13-7-8-14-52(45)59-54(46)53(48)47-28-25-42(33-51(47)55)58(40-21-15-36(16-22-40)34-9-3-1-4-10-34)41-23-17-37(18-24-41)35-11-5-2-6-12-35/h1-33H. The van der Waals surface area contributed by atoms with E-state index >= 15 is 8.78 Å². The minimum atomic E-state index is -1.03. The molecule has 1 heterocycles. The maximum Gasteiger partial charge on any atom is 0.143 e. The number of rotatable bonds is 5. The second kappa shape index (κ2) is 12.7. The number of para-hydroxylation sites is 1. The van der Waals surface area contributed by atoms with Crippen LogP contribution < -0.4 is 4.90 Å². The van der Waals surface area contributed by atoms with Gasteiger partial charge in [0.05, 0.1) is 5.41 Å². The molecule has 59 heavy (non-hydrogen) atoms. The average Bonchev–Trinajstić information content (AvgIpc) is 3.91. The SMILES string of the molecule is Fc1ccc2c(c1)C1(c3cc(F)ccc3-2)c2cc(N(c3ccc(-c4ccccc4)cc3)c3ccc(-c4ccccc4)cc3)ccc2-c2c1ccc1c2oc2ccccc21. The Kier molecular flexibility index (Phi) is 7.24. The van der Waals surface area contributed by atoms with Crippen LogP contribution in [-0.2, 0) is 5.41 Å². The molecule has 4 heteroatoms. The molecule has 278 valence electrons. The Labute approximate surface area is 339 Å². The molecule has 0 amide bonds. The number of halogens is 2. The number of anilines is 3.